The second-order valence-electron chi connectivity index (χ2n) is 22.5. The summed E-state index contributed by atoms with van der Waals surface area (Å²) in [6.07, 6.45) is 68.9. The smallest absolute Gasteiger partial charge is 0.222 e. The highest BCUT2D eigenvalue weighted by molar-refractivity contribution is 5.77. The van der Waals surface area contributed by atoms with Gasteiger partial charge in [0.1, 0.15) is 0 Å². The third-order valence-electron chi connectivity index (χ3n) is 15.2. The van der Waals surface area contributed by atoms with Gasteiger partial charge < -0.3 is 26.2 Å². The Labute approximate surface area is 467 Å². The molecule has 3 amide bonds. The molecule has 0 aromatic rings. The van der Waals surface area contributed by atoms with Gasteiger partial charge in [0.15, 0.2) is 0 Å². The van der Waals surface area contributed by atoms with Gasteiger partial charge in [0, 0.05) is 58.5 Å². The van der Waals surface area contributed by atoms with Gasteiger partial charge in [0.05, 0.1) is 0 Å². The first-order valence-corrected chi connectivity index (χ1v) is 33.1. The van der Waals surface area contributed by atoms with Crippen LogP contribution in [0.4, 0.5) is 0 Å². The zero-order chi connectivity index (χ0) is 54.6. The number of carbonyl (C=O) groups is 3. The number of amides is 3. The van der Waals surface area contributed by atoms with E-state index in [0.29, 0.717) is 65.1 Å². The summed E-state index contributed by atoms with van der Waals surface area (Å²) in [4.78, 5) is 46.9. The minimum absolute atomic E-state index is 0.233. The second-order valence-corrected chi connectivity index (χ2v) is 22.5. The van der Waals surface area contributed by atoms with Crippen molar-refractivity contribution in [2.45, 2.75) is 323 Å². The van der Waals surface area contributed by atoms with Crippen molar-refractivity contribution < 1.29 is 14.4 Å². The van der Waals surface area contributed by atoms with Crippen molar-refractivity contribution >= 4 is 17.7 Å². The van der Waals surface area contributed by atoms with Crippen molar-refractivity contribution in [2.24, 2.45) is 11.5 Å². The number of carbonyl (C=O) groups excluding carboxylic acids is 3. The standard InChI is InChI=1S/C67H129N5O3/c1-4-7-10-13-16-19-22-25-28-31-34-37-40-43-46-54-65(73)70(61-51-57-68)59-49-50-60-71(66(74)55-47-44-41-38-35-32-29-26-23-20-17-14-11-8-5-2)63-53-64-72(62-52-58-69)67(75)56-48-45-42-39-36-33-30-27-24-21-18-15-12-9-6-3/h25-30H,4-24,31-64,68-69H2,1-3H3/b28-25-,29-26-,30-27-. The third-order valence-corrected chi connectivity index (χ3v) is 15.2. The minimum atomic E-state index is 0.233. The predicted octanol–water partition coefficient (Wildman–Crippen LogP) is 18.5. The molecule has 0 aliphatic carbocycles. The Balaban J connectivity index is 5.02. The zero-order valence-corrected chi connectivity index (χ0v) is 50.6. The maximum atomic E-state index is 13.9. The van der Waals surface area contributed by atoms with Gasteiger partial charge in [-0.05, 0) is 142 Å². The molecule has 0 atom stereocenters. The van der Waals surface area contributed by atoms with Crippen LogP contribution in [0.25, 0.3) is 0 Å². The van der Waals surface area contributed by atoms with Crippen molar-refractivity contribution in [1.29, 1.82) is 0 Å². The molecule has 0 aliphatic rings. The van der Waals surface area contributed by atoms with E-state index in [9.17, 15) is 14.4 Å². The van der Waals surface area contributed by atoms with Crippen molar-refractivity contribution in [3.8, 4) is 0 Å². The number of nitrogens with two attached hydrogens (primary N) is 2. The molecule has 0 aromatic carbocycles. The molecule has 0 aliphatic heterocycles. The van der Waals surface area contributed by atoms with E-state index in [1.807, 2.05) is 9.80 Å². The normalized spacial score (nSPS) is 11.8. The summed E-state index contributed by atoms with van der Waals surface area (Å²) in [5, 5.41) is 0. The highest BCUT2D eigenvalue weighted by Gasteiger charge is 2.18. The van der Waals surface area contributed by atoms with E-state index < -0.39 is 0 Å². The Bertz CT molecular complexity index is 1300. The number of hydrogen-bond donors (Lipinski definition) is 2. The van der Waals surface area contributed by atoms with Gasteiger partial charge in [-0.2, -0.15) is 0 Å². The Morgan fingerprint density at radius 2 is 0.453 bits per heavy atom. The lowest BCUT2D eigenvalue weighted by molar-refractivity contribution is -0.133. The number of hydrogen-bond acceptors (Lipinski definition) is 5. The molecule has 0 unspecified atom stereocenters. The molecule has 75 heavy (non-hydrogen) atoms. The van der Waals surface area contributed by atoms with Crippen LogP contribution < -0.4 is 11.5 Å². The minimum Gasteiger partial charge on any atom is -0.343 e. The fourth-order valence-electron chi connectivity index (χ4n) is 10.2. The van der Waals surface area contributed by atoms with Crippen LogP contribution in [0.15, 0.2) is 36.5 Å². The number of nitrogens with zero attached hydrogens (tertiary/aromatic N) is 3. The third kappa shape index (κ3) is 52.0. The van der Waals surface area contributed by atoms with E-state index in [4.69, 9.17) is 11.5 Å². The Morgan fingerprint density at radius 3 is 0.693 bits per heavy atom. The summed E-state index contributed by atoms with van der Waals surface area (Å²) >= 11 is 0. The Hall–Kier alpha value is -2.45. The zero-order valence-electron chi connectivity index (χ0n) is 50.6. The van der Waals surface area contributed by atoms with Crippen LogP contribution in [0.2, 0.25) is 0 Å². The predicted molar refractivity (Wildman–Crippen MR) is 329 cm³/mol. The van der Waals surface area contributed by atoms with Gasteiger partial charge >= 0.3 is 0 Å². The largest absolute Gasteiger partial charge is 0.343 e. The maximum absolute atomic E-state index is 13.9. The molecule has 8 nitrogen and oxygen atoms in total. The monoisotopic (exact) mass is 1050 g/mol. The van der Waals surface area contributed by atoms with Gasteiger partial charge in [0.25, 0.3) is 0 Å². The van der Waals surface area contributed by atoms with Gasteiger partial charge in [0.2, 0.25) is 17.7 Å². The van der Waals surface area contributed by atoms with Crippen LogP contribution in [0.1, 0.15) is 323 Å². The lowest BCUT2D eigenvalue weighted by Crippen LogP contribution is -2.38. The van der Waals surface area contributed by atoms with Gasteiger partial charge in [-0.3, -0.25) is 14.4 Å². The SMILES string of the molecule is CCCCCCCC/C=C\CCCCCCCC(=O)N(CCCN)CCCCN(CCCN(CCCN)C(=O)CCCCCCC/C=C\CCCCCCCC)C(=O)CCCCCCC/C=C\CCCCCCCC. The highest BCUT2D eigenvalue weighted by atomic mass is 16.2. The molecule has 0 aromatic heterocycles. The molecule has 8 heteroatoms. The Kier molecular flexibility index (Phi) is 58.8. The van der Waals surface area contributed by atoms with Crippen molar-refractivity contribution in [3.63, 3.8) is 0 Å². The van der Waals surface area contributed by atoms with Crippen molar-refractivity contribution in [2.75, 3.05) is 52.4 Å². The first-order valence-electron chi connectivity index (χ1n) is 33.1. The van der Waals surface area contributed by atoms with E-state index in [1.54, 1.807) is 0 Å². The summed E-state index contributed by atoms with van der Waals surface area (Å²) < 4.78 is 0. The summed E-state index contributed by atoms with van der Waals surface area (Å²) in [5.74, 6) is 0.722. The summed E-state index contributed by atoms with van der Waals surface area (Å²) in [7, 11) is 0. The first kappa shape index (κ1) is 72.5. The molecule has 0 rings (SSSR count). The van der Waals surface area contributed by atoms with Crippen LogP contribution in [-0.2, 0) is 14.4 Å². The van der Waals surface area contributed by atoms with Crippen LogP contribution in [0.3, 0.4) is 0 Å². The summed E-state index contributed by atoms with van der Waals surface area (Å²) in [5.41, 5.74) is 11.9. The number of unbranched alkanes of at least 4 members (excludes halogenated alkanes) is 34. The fraction of sp³-hybridized carbons (Fsp3) is 0.866. The van der Waals surface area contributed by atoms with Gasteiger partial charge in [-0.25, -0.2) is 0 Å². The quantitative estimate of drug-likeness (QED) is 0.0465. The average molecular weight is 1050 g/mol. The fourth-order valence-corrected chi connectivity index (χ4v) is 10.2. The van der Waals surface area contributed by atoms with Crippen molar-refractivity contribution in [1.82, 2.24) is 14.7 Å². The molecule has 440 valence electrons. The van der Waals surface area contributed by atoms with E-state index >= 15 is 0 Å². The molecule has 0 heterocycles. The summed E-state index contributed by atoms with van der Waals surface area (Å²) in [6, 6.07) is 0. The number of allylic oxidation sites excluding steroid dienone is 6. The molecule has 0 saturated carbocycles. The van der Waals surface area contributed by atoms with Gasteiger partial charge in [-0.1, -0.05) is 211 Å². The van der Waals surface area contributed by atoms with Crippen LogP contribution in [-0.4, -0.2) is 84.8 Å². The molecule has 0 saturated heterocycles. The highest BCUT2D eigenvalue weighted by Crippen LogP contribution is 2.16. The van der Waals surface area contributed by atoms with E-state index in [-0.39, 0.29) is 17.7 Å². The van der Waals surface area contributed by atoms with Crippen LogP contribution in [0, 0.1) is 0 Å². The molecular formula is C67H129N5O3. The lowest BCUT2D eigenvalue weighted by Gasteiger charge is -2.27. The van der Waals surface area contributed by atoms with E-state index in [1.165, 1.54) is 205 Å². The molecule has 0 bridgehead atoms. The summed E-state index contributed by atoms with van der Waals surface area (Å²) in [6.45, 7) is 12.1. The maximum Gasteiger partial charge on any atom is 0.222 e. The van der Waals surface area contributed by atoms with E-state index in [0.717, 1.165) is 83.6 Å². The first-order chi connectivity index (χ1) is 36.9. The second kappa shape index (κ2) is 60.8. The molecule has 0 radical (unpaired) electrons. The van der Waals surface area contributed by atoms with E-state index in [2.05, 4.69) is 62.1 Å². The van der Waals surface area contributed by atoms with Crippen LogP contribution >= 0.6 is 0 Å². The van der Waals surface area contributed by atoms with Gasteiger partial charge in [-0.15, -0.1) is 0 Å². The topological polar surface area (TPSA) is 113 Å². The molecule has 0 spiro atoms. The molecule has 4 N–H and O–H groups in total. The molecular weight excluding hydrogens is 923 g/mol. The lowest BCUT2D eigenvalue weighted by atomic mass is 10.1. The average Bonchev–Trinajstić information content (AvgIpc) is 3.41. The Morgan fingerprint density at radius 1 is 0.253 bits per heavy atom. The molecule has 0 fully saturated rings. The van der Waals surface area contributed by atoms with Crippen LogP contribution in [0.5, 0.6) is 0 Å². The van der Waals surface area contributed by atoms with Crippen molar-refractivity contribution in [3.05, 3.63) is 36.5 Å². The number of rotatable bonds is 60.